The summed E-state index contributed by atoms with van der Waals surface area (Å²) in [5.41, 5.74) is 0. The Balaban J connectivity index is 3.77. The van der Waals surface area contributed by atoms with Crippen molar-refractivity contribution in [3.05, 3.63) is 0 Å². The molecule has 0 aromatic heterocycles. The van der Waals surface area contributed by atoms with Gasteiger partial charge in [0.1, 0.15) is 0 Å². The quantitative estimate of drug-likeness (QED) is 0.173. The maximum Gasteiger partial charge on any atom is 0.316 e. The van der Waals surface area contributed by atoms with Crippen molar-refractivity contribution in [3.63, 3.8) is 0 Å². The zero-order valence-electron chi connectivity index (χ0n) is 17.3. The molecule has 25 heavy (non-hydrogen) atoms. The molecule has 0 aromatic rings. The Bertz CT molecular complexity index is 306. The summed E-state index contributed by atoms with van der Waals surface area (Å²) in [4.78, 5) is 24.1. The molecule has 0 N–H and O–H groups in total. The number of rotatable bonds is 16. The van der Waals surface area contributed by atoms with Gasteiger partial charge < -0.3 is 4.74 Å². The van der Waals surface area contributed by atoms with E-state index in [-0.39, 0.29) is 23.8 Å². The van der Waals surface area contributed by atoms with Crippen molar-refractivity contribution in [1.82, 2.24) is 0 Å². The van der Waals surface area contributed by atoms with E-state index in [1.165, 1.54) is 64.2 Å². The van der Waals surface area contributed by atoms with Crippen molar-refractivity contribution in [3.8, 4) is 0 Å². The van der Waals surface area contributed by atoms with E-state index >= 15 is 0 Å². The molecule has 0 rings (SSSR count). The van der Waals surface area contributed by atoms with Crippen LogP contribution >= 0.6 is 0 Å². The average Bonchev–Trinajstić information content (AvgIpc) is 2.60. The third kappa shape index (κ3) is 14.0. The number of hydrogen-bond donors (Lipinski definition) is 0. The summed E-state index contributed by atoms with van der Waals surface area (Å²) in [5.74, 6) is -1.02. The van der Waals surface area contributed by atoms with Crippen molar-refractivity contribution >= 4 is 11.9 Å². The van der Waals surface area contributed by atoms with Crippen LogP contribution < -0.4 is 0 Å². The molecule has 0 fully saturated rings. The van der Waals surface area contributed by atoms with E-state index in [9.17, 15) is 9.59 Å². The lowest BCUT2D eigenvalue weighted by Gasteiger charge is -2.13. The normalized spacial score (nSPS) is 13.4. The van der Waals surface area contributed by atoms with Crippen LogP contribution in [0, 0.1) is 11.8 Å². The van der Waals surface area contributed by atoms with Gasteiger partial charge in [-0.15, -0.1) is 0 Å². The Morgan fingerprint density at radius 1 is 0.600 bits per heavy atom. The van der Waals surface area contributed by atoms with Gasteiger partial charge in [0.05, 0.1) is 11.8 Å². The molecular weight excluding hydrogens is 312 g/mol. The first-order chi connectivity index (χ1) is 12.0. The van der Waals surface area contributed by atoms with E-state index in [1.807, 2.05) is 13.8 Å². The van der Waals surface area contributed by atoms with Gasteiger partial charge in [0, 0.05) is 0 Å². The van der Waals surface area contributed by atoms with Crippen LogP contribution in [0.2, 0.25) is 0 Å². The molecular formula is C22H42O3. The fraction of sp³-hybridized carbons (Fsp3) is 0.909. The second-order valence-electron chi connectivity index (χ2n) is 7.66. The Hall–Kier alpha value is -0.860. The minimum Gasteiger partial charge on any atom is -0.393 e. The molecule has 2 unspecified atom stereocenters. The molecule has 148 valence electrons. The lowest BCUT2D eigenvalue weighted by atomic mass is 10.0. The van der Waals surface area contributed by atoms with Crippen LogP contribution in [0.25, 0.3) is 0 Å². The van der Waals surface area contributed by atoms with Crippen LogP contribution in [0.4, 0.5) is 0 Å². The summed E-state index contributed by atoms with van der Waals surface area (Å²) in [6.45, 7) is 8.17. The Morgan fingerprint density at radius 3 is 1.28 bits per heavy atom. The second kappa shape index (κ2) is 16.6. The zero-order valence-corrected chi connectivity index (χ0v) is 17.3. The summed E-state index contributed by atoms with van der Waals surface area (Å²) in [6.07, 6.45) is 16.2. The largest absolute Gasteiger partial charge is 0.393 e. The molecule has 0 amide bonds. The van der Waals surface area contributed by atoms with E-state index in [1.54, 1.807) is 0 Å². The molecule has 0 spiro atoms. The molecule has 3 nitrogen and oxygen atoms in total. The molecule has 0 aliphatic heterocycles. The highest BCUT2D eigenvalue weighted by molar-refractivity contribution is 5.87. The van der Waals surface area contributed by atoms with Crippen molar-refractivity contribution in [2.24, 2.45) is 11.8 Å². The third-order valence-corrected chi connectivity index (χ3v) is 4.99. The predicted molar refractivity (Wildman–Crippen MR) is 105 cm³/mol. The van der Waals surface area contributed by atoms with Gasteiger partial charge in [0.25, 0.3) is 0 Å². The van der Waals surface area contributed by atoms with Crippen LogP contribution in [0.5, 0.6) is 0 Å². The first kappa shape index (κ1) is 24.1. The Labute approximate surface area is 156 Å². The number of ether oxygens (including phenoxy) is 1. The van der Waals surface area contributed by atoms with Gasteiger partial charge in [-0.3, -0.25) is 9.59 Å². The molecule has 0 saturated heterocycles. The van der Waals surface area contributed by atoms with E-state index in [4.69, 9.17) is 4.74 Å². The smallest absolute Gasteiger partial charge is 0.316 e. The zero-order chi connectivity index (χ0) is 18.9. The number of unbranched alkanes of at least 4 members (excludes halogenated alkanes) is 10. The molecule has 0 bridgehead atoms. The van der Waals surface area contributed by atoms with Gasteiger partial charge in [-0.2, -0.15) is 0 Å². The highest BCUT2D eigenvalue weighted by Gasteiger charge is 2.21. The van der Waals surface area contributed by atoms with Crippen molar-refractivity contribution in [2.45, 2.75) is 118 Å². The lowest BCUT2D eigenvalue weighted by molar-refractivity contribution is -0.165. The van der Waals surface area contributed by atoms with Crippen LogP contribution in [0.1, 0.15) is 118 Å². The molecule has 2 atom stereocenters. The summed E-state index contributed by atoms with van der Waals surface area (Å²) in [5, 5.41) is 0. The van der Waals surface area contributed by atoms with Crippen LogP contribution in [-0.2, 0) is 14.3 Å². The van der Waals surface area contributed by atoms with Gasteiger partial charge in [0.15, 0.2) is 0 Å². The van der Waals surface area contributed by atoms with E-state index < -0.39 is 0 Å². The van der Waals surface area contributed by atoms with E-state index in [0.717, 1.165) is 25.7 Å². The maximum atomic E-state index is 12.0. The van der Waals surface area contributed by atoms with Gasteiger partial charge in [-0.1, -0.05) is 105 Å². The van der Waals surface area contributed by atoms with Crippen molar-refractivity contribution in [1.29, 1.82) is 0 Å². The highest BCUT2D eigenvalue weighted by Crippen LogP contribution is 2.16. The topological polar surface area (TPSA) is 43.4 Å². The van der Waals surface area contributed by atoms with E-state index in [2.05, 4.69) is 13.8 Å². The van der Waals surface area contributed by atoms with Crippen LogP contribution in [0.3, 0.4) is 0 Å². The average molecular weight is 355 g/mol. The SMILES string of the molecule is CCCCCCCCC(C)C(=O)OC(=O)C(C)CCCCCCCC. The lowest BCUT2D eigenvalue weighted by Crippen LogP contribution is -2.23. The Morgan fingerprint density at radius 2 is 0.920 bits per heavy atom. The van der Waals surface area contributed by atoms with Crippen LogP contribution in [0.15, 0.2) is 0 Å². The fourth-order valence-electron chi connectivity index (χ4n) is 3.00. The van der Waals surface area contributed by atoms with Gasteiger partial charge in [-0.25, -0.2) is 0 Å². The molecule has 0 aromatic carbocycles. The van der Waals surface area contributed by atoms with Gasteiger partial charge in [0.2, 0.25) is 0 Å². The molecule has 3 heteroatoms. The summed E-state index contributed by atoms with van der Waals surface area (Å²) in [7, 11) is 0. The summed E-state index contributed by atoms with van der Waals surface area (Å²) < 4.78 is 5.09. The highest BCUT2D eigenvalue weighted by atomic mass is 16.6. The summed E-state index contributed by atoms with van der Waals surface area (Å²) >= 11 is 0. The van der Waals surface area contributed by atoms with E-state index in [0.29, 0.717) is 0 Å². The predicted octanol–water partition coefficient (Wildman–Crippen LogP) is 6.83. The van der Waals surface area contributed by atoms with Crippen LogP contribution in [-0.4, -0.2) is 11.9 Å². The third-order valence-electron chi connectivity index (χ3n) is 4.99. The van der Waals surface area contributed by atoms with Crippen molar-refractivity contribution in [2.75, 3.05) is 0 Å². The molecule has 0 radical (unpaired) electrons. The maximum absolute atomic E-state index is 12.0. The number of carbonyl (C=O) groups excluding carboxylic acids is 2. The Kier molecular flexibility index (Phi) is 16.0. The standard InChI is InChI=1S/C22H42O3/c1-5-7-9-11-13-15-17-19(3)21(23)25-22(24)20(4)18-16-14-12-10-8-6-2/h19-20H,5-18H2,1-4H3. The van der Waals surface area contributed by atoms with Gasteiger partial charge >= 0.3 is 11.9 Å². The second-order valence-corrected chi connectivity index (χ2v) is 7.66. The molecule has 0 aliphatic carbocycles. The number of hydrogen-bond acceptors (Lipinski definition) is 3. The monoisotopic (exact) mass is 354 g/mol. The number of esters is 2. The molecule has 0 saturated carbocycles. The fourth-order valence-corrected chi connectivity index (χ4v) is 3.00. The molecule has 0 aliphatic rings. The van der Waals surface area contributed by atoms with Gasteiger partial charge in [-0.05, 0) is 12.8 Å². The first-order valence-corrected chi connectivity index (χ1v) is 10.8. The number of carbonyl (C=O) groups is 2. The van der Waals surface area contributed by atoms with Crippen molar-refractivity contribution < 1.29 is 14.3 Å². The first-order valence-electron chi connectivity index (χ1n) is 10.8. The molecule has 0 heterocycles. The minimum atomic E-state index is -0.339. The minimum absolute atomic E-state index is 0.170. The summed E-state index contributed by atoms with van der Waals surface area (Å²) in [6, 6.07) is 0.